The molecule has 0 aliphatic carbocycles. The molecule has 0 atom stereocenters. The fourth-order valence-electron chi connectivity index (χ4n) is 1.50. The predicted molar refractivity (Wildman–Crippen MR) is 58.5 cm³/mol. The number of benzene rings is 1. The maximum absolute atomic E-state index is 12.3. The Bertz CT molecular complexity index is 474. The lowest BCUT2D eigenvalue weighted by molar-refractivity contribution is -0.137. The molecule has 4 heteroatoms. The molecule has 0 N–H and O–H groups in total. The highest BCUT2D eigenvalue weighted by Crippen LogP contribution is 2.28. The third-order valence-corrected chi connectivity index (χ3v) is 2.38. The largest absolute Gasteiger partial charge is 0.417 e. The average molecular weight is 237 g/mol. The molecule has 0 bridgehead atoms. The van der Waals surface area contributed by atoms with Crippen molar-refractivity contribution < 1.29 is 13.2 Å². The number of nitrogens with zero attached hydrogens (tertiary/aromatic N) is 1. The summed E-state index contributed by atoms with van der Waals surface area (Å²) in [7, 11) is 0. The minimum Gasteiger partial charge on any atom is -0.260 e. The van der Waals surface area contributed by atoms with Gasteiger partial charge < -0.3 is 0 Å². The van der Waals surface area contributed by atoms with Gasteiger partial charge in [-0.3, -0.25) is 4.98 Å². The molecule has 2 rings (SSSR count). The van der Waals surface area contributed by atoms with Crippen molar-refractivity contribution in [2.24, 2.45) is 0 Å². The fourth-order valence-corrected chi connectivity index (χ4v) is 1.50. The number of pyridine rings is 1. The number of hydrogen-bond acceptors (Lipinski definition) is 1. The van der Waals surface area contributed by atoms with E-state index in [4.69, 9.17) is 0 Å². The smallest absolute Gasteiger partial charge is 0.260 e. The molecule has 0 saturated heterocycles. The maximum Gasteiger partial charge on any atom is 0.417 e. The van der Waals surface area contributed by atoms with Gasteiger partial charge in [-0.2, -0.15) is 13.2 Å². The summed E-state index contributed by atoms with van der Waals surface area (Å²) in [5.41, 5.74) is 0.943. The summed E-state index contributed by atoms with van der Waals surface area (Å²) in [5, 5.41) is 0. The van der Waals surface area contributed by atoms with Gasteiger partial charge in [0.05, 0.1) is 5.56 Å². The van der Waals surface area contributed by atoms with Gasteiger partial charge in [0.1, 0.15) is 0 Å². The highest BCUT2D eigenvalue weighted by atomic mass is 19.4. The first-order valence-corrected chi connectivity index (χ1v) is 5.12. The summed E-state index contributed by atoms with van der Waals surface area (Å²) < 4.78 is 36.9. The molecular formula is C13H10F3N. The summed E-state index contributed by atoms with van der Waals surface area (Å²) in [4.78, 5) is 3.82. The highest BCUT2D eigenvalue weighted by molar-refractivity contribution is 5.24. The Morgan fingerprint density at radius 2 is 1.65 bits per heavy atom. The van der Waals surface area contributed by atoms with E-state index in [9.17, 15) is 13.2 Å². The molecule has 1 aromatic carbocycles. The quantitative estimate of drug-likeness (QED) is 0.776. The standard InChI is InChI=1S/C13H10F3N/c14-13(15,16)11-6-7-12(17-9-11)8-10-4-2-1-3-5-10/h1-7,9H,8H2. The van der Waals surface area contributed by atoms with Gasteiger partial charge in [0.2, 0.25) is 0 Å². The van der Waals surface area contributed by atoms with Crippen LogP contribution in [0.3, 0.4) is 0 Å². The summed E-state index contributed by atoms with van der Waals surface area (Å²) in [6.07, 6.45) is -2.91. The second kappa shape index (κ2) is 4.57. The van der Waals surface area contributed by atoms with Crippen LogP contribution in [0.5, 0.6) is 0 Å². The van der Waals surface area contributed by atoms with E-state index in [-0.39, 0.29) is 0 Å². The van der Waals surface area contributed by atoms with Gasteiger partial charge in [0, 0.05) is 18.3 Å². The van der Waals surface area contributed by atoms with Crippen molar-refractivity contribution in [3.05, 3.63) is 65.5 Å². The molecule has 1 heterocycles. The van der Waals surface area contributed by atoms with Crippen molar-refractivity contribution in [1.82, 2.24) is 4.98 Å². The van der Waals surface area contributed by atoms with Crippen molar-refractivity contribution in [2.75, 3.05) is 0 Å². The van der Waals surface area contributed by atoms with Crippen LogP contribution >= 0.6 is 0 Å². The van der Waals surface area contributed by atoms with Crippen LogP contribution in [0.2, 0.25) is 0 Å². The Hall–Kier alpha value is -1.84. The highest BCUT2D eigenvalue weighted by Gasteiger charge is 2.30. The molecule has 88 valence electrons. The minimum atomic E-state index is -4.32. The summed E-state index contributed by atoms with van der Waals surface area (Å²) >= 11 is 0. The van der Waals surface area contributed by atoms with Crippen molar-refractivity contribution in [3.8, 4) is 0 Å². The zero-order chi connectivity index (χ0) is 12.3. The van der Waals surface area contributed by atoms with Gasteiger partial charge in [0.15, 0.2) is 0 Å². The first-order valence-electron chi connectivity index (χ1n) is 5.12. The van der Waals surface area contributed by atoms with E-state index in [1.54, 1.807) is 0 Å². The molecule has 2 aromatic rings. The second-order valence-corrected chi connectivity index (χ2v) is 3.70. The van der Waals surface area contributed by atoms with E-state index in [0.29, 0.717) is 12.1 Å². The molecule has 0 saturated carbocycles. The topological polar surface area (TPSA) is 12.9 Å². The zero-order valence-electron chi connectivity index (χ0n) is 8.91. The van der Waals surface area contributed by atoms with Gasteiger partial charge in [-0.25, -0.2) is 0 Å². The van der Waals surface area contributed by atoms with E-state index in [0.717, 1.165) is 17.8 Å². The van der Waals surface area contributed by atoms with E-state index in [1.165, 1.54) is 6.07 Å². The van der Waals surface area contributed by atoms with E-state index in [2.05, 4.69) is 4.98 Å². The molecule has 0 aliphatic rings. The Balaban J connectivity index is 2.14. The van der Waals surface area contributed by atoms with Crippen LogP contribution in [-0.2, 0) is 12.6 Å². The molecule has 0 unspecified atom stereocenters. The van der Waals surface area contributed by atoms with Crippen LogP contribution in [0.1, 0.15) is 16.8 Å². The average Bonchev–Trinajstić information content (AvgIpc) is 2.30. The molecule has 1 aromatic heterocycles. The van der Waals surface area contributed by atoms with E-state index >= 15 is 0 Å². The lowest BCUT2D eigenvalue weighted by atomic mass is 10.1. The SMILES string of the molecule is FC(F)(F)c1ccc(Cc2ccccc2)nc1. The summed E-state index contributed by atoms with van der Waals surface area (Å²) in [6.45, 7) is 0. The van der Waals surface area contributed by atoms with E-state index in [1.807, 2.05) is 30.3 Å². The molecule has 0 spiro atoms. The van der Waals surface area contributed by atoms with Crippen molar-refractivity contribution in [3.63, 3.8) is 0 Å². The summed E-state index contributed by atoms with van der Waals surface area (Å²) in [6, 6.07) is 12.0. The van der Waals surface area contributed by atoms with Gasteiger partial charge >= 0.3 is 6.18 Å². The minimum absolute atomic E-state index is 0.541. The first kappa shape index (κ1) is 11.6. The molecule has 0 aliphatic heterocycles. The zero-order valence-corrected chi connectivity index (χ0v) is 8.91. The lowest BCUT2D eigenvalue weighted by Gasteiger charge is -2.06. The molecule has 17 heavy (non-hydrogen) atoms. The maximum atomic E-state index is 12.3. The molecular weight excluding hydrogens is 227 g/mol. The van der Waals surface area contributed by atoms with Gasteiger partial charge in [-0.1, -0.05) is 30.3 Å². The van der Waals surface area contributed by atoms with Crippen LogP contribution < -0.4 is 0 Å². The van der Waals surface area contributed by atoms with Crippen molar-refractivity contribution in [1.29, 1.82) is 0 Å². The number of alkyl halides is 3. The third-order valence-electron chi connectivity index (χ3n) is 2.38. The Kier molecular flexibility index (Phi) is 3.13. The molecule has 1 nitrogen and oxygen atoms in total. The number of halogens is 3. The number of rotatable bonds is 2. The number of aromatic nitrogens is 1. The molecule has 0 amide bonds. The van der Waals surface area contributed by atoms with E-state index < -0.39 is 11.7 Å². The van der Waals surface area contributed by atoms with Crippen LogP contribution in [0.15, 0.2) is 48.7 Å². The van der Waals surface area contributed by atoms with Crippen LogP contribution in [0.4, 0.5) is 13.2 Å². The molecule has 0 radical (unpaired) electrons. The second-order valence-electron chi connectivity index (χ2n) is 3.70. The molecule has 0 fully saturated rings. The predicted octanol–water partition coefficient (Wildman–Crippen LogP) is 3.69. The number of hydrogen-bond donors (Lipinski definition) is 0. The van der Waals surface area contributed by atoms with Crippen molar-refractivity contribution in [2.45, 2.75) is 12.6 Å². The van der Waals surface area contributed by atoms with Gasteiger partial charge in [-0.15, -0.1) is 0 Å². The Morgan fingerprint density at radius 1 is 0.941 bits per heavy atom. The Labute approximate surface area is 96.9 Å². The van der Waals surface area contributed by atoms with Crippen LogP contribution in [0, 0.1) is 0 Å². The van der Waals surface area contributed by atoms with Gasteiger partial charge in [0.25, 0.3) is 0 Å². The van der Waals surface area contributed by atoms with Gasteiger partial charge in [-0.05, 0) is 17.7 Å². The van der Waals surface area contributed by atoms with Crippen LogP contribution in [-0.4, -0.2) is 4.98 Å². The first-order chi connectivity index (χ1) is 8.05. The van der Waals surface area contributed by atoms with Crippen LogP contribution in [0.25, 0.3) is 0 Å². The monoisotopic (exact) mass is 237 g/mol. The Morgan fingerprint density at radius 3 is 2.18 bits per heavy atom. The fraction of sp³-hybridized carbons (Fsp3) is 0.154. The lowest BCUT2D eigenvalue weighted by Crippen LogP contribution is -2.06. The van der Waals surface area contributed by atoms with Crippen molar-refractivity contribution >= 4 is 0 Å². The third kappa shape index (κ3) is 3.06. The normalized spacial score (nSPS) is 11.5. The summed E-state index contributed by atoms with van der Waals surface area (Å²) in [5.74, 6) is 0.